The lowest BCUT2D eigenvalue weighted by Crippen LogP contribution is -2.48. The van der Waals surface area contributed by atoms with Crippen molar-refractivity contribution < 1.29 is 4.79 Å². The number of aromatic nitrogens is 3. The number of piperidine rings is 1. The number of aryl methyl sites for hydroxylation is 1. The van der Waals surface area contributed by atoms with Gasteiger partial charge in [-0.2, -0.15) is 0 Å². The maximum Gasteiger partial charge on any atom is 0.270 e. The van der Waals surface area contributed by atoms with Crippen molar-refractivity contribution in [3.8, 4) is 0 Å². The van der Waals surface area contributed by atoms with Gasteiger partial charge in [-0.15, -0.1) is 11.3 Å². The van der Waals surface area contributed by atoms with Crippen LogP contribution in [0.1, 0.15) is 47.1 Å². The largest absolute Gasteiger partial charge is 0.337 e. The molecule has 0 aliphatic carbocycles. The average Bonchev–Trinajstić information content (AvgIpc) is 3.49. The normalized spacial score (nSPS) is 17.5. The van der Waals surface area contributed by atoms with Gasteiger partial charge in [0.1, 0.15) is 17.0 Å². The highest BCUT2D eigenvalue weighted by atomic mass is 32.1. The van der Waals surface area contributed by atoms with Crippen molar-refractivity contribution in [3.05, 3.63) is 68.4 Å². The van der Waals surface area contributed by atoms with Gasteiger partial charge in [-0.3, -0.25) is 18.9 Å². The summed E-state index contributed by atoms with van der Waals surface area (Å²) < 4.78 is 3.50. The zero-order valence-electron chi connectivity index (χ0n) is 19.4. The van der Waals surface area contributed by atoms with Crippen LogP contribution in [0.25, 0.3) is 16.7 Å². The van der Waals surface area contributed by atoms with E-state index in [9.17, 15) is 9.59 Å². The van der Waals surface area contributed by atoms with Crippen molar-refractivity contribution in [2.45, 2.75) is 51.7 Å². The summed E-state index contributed by atoms with van der Waals surface area (Å²) in [6.07, 6.45) is 5.71. The van der Waals surface area contributed by atoms with Gasteiger partial charge in [0.25, 0.3) is 11.5 Å². The minimum absolute atomic E-state index is 0.0112. The molecule has 4 aromatic heterocycles. The monoisotopic (exact) mass is 475 g/mol. The number of pyridine rings is 1. The molecule has 34 heavy (non-hydrogen) atoms. The molecule has 1 amide bonds. The fourth-order valence-corrected chi connectivity index (χ4v) is 6.45. The van der Waals surface area contributed by atoms with Crippen molar-refractivity contribution in [3.63, 3.8) is 0 Å². The Labute approximate surface area is 202 Å². The number of rotatable bonds is 4. The molecule has 0 saturated carbocycles. The van der Waals surface area contributed by atoms with Crippen molar-refractivity contribution >= 4 is 33.9 Å². The van der Waals surface area contributed by atoms with E-state index < -0.39 is 0 Å². The molecule has 2 aliphatic heterocycles. The third-order valence-corrected chi connectivity index (χ3v) is 8.37. The number of fused-ring (bicyclic) bond motifs is 3. The van der Waals surface area contributed by atoms with Crippen LogP contribution >= 0.6 is 11.3 Å². The predicted octanol–water partition coefficient (Wildman–Crippen LogP) is 3.78. The van der Waals surface area contributed by atoms with Crippen LogP contribution in [0.2, 0.25) is 0 Å². The zero-order valence-corrected chi connectivity index (χ0v) is 20.3. The topological polar surface area (TPSA) is 62.9 Å². The minimum Gasteiger partial charge on any atom is -0.337 e. The number of carbonyl (C=O) groups is 1. The quantitative estimate of drug-likeness (QED) is 0.451. The summed E-state index contributed by atoms with van der Waals surface area (Å²) in [6.45, 7) is 6.38. The Kier molecular flexibility index (Phi) is 5.50. The maximum absolute atomic E-state index is 13.6. The third kappa shape index (κ3) is 3.56. The lowest BCUT2D eigenvalue weighted by Gasteiger charge is -2.40. The van der Waals surface area contributed by atoms with E-state index in [-0.39, 0.29) is 11.5 Å². The standard InChI is InChI=1S/C26H29N5O2S/c1-2-10-30-21(16-20-24(30)27-23-5-3-4-11-31(23)25(20)32)26(33)28-12-6-19(7-13-28)29-14-8-22-18(17-29)9-15-34-22/h3-5,9,11,15-16,19H,2,6-8,10,12-14,17H2,1H3. The first-order valence-corrected chi connectivity index (χ1v) is 13.1. The van der Waals surface area contributed by atoms with E-state index in [0.717, 1.165) is 51.9 Å². The number of hydrogen-bond donors (Lipinski definition) is 0. The summed E-state index contributed by atoms with van der Waals surface area (Å²) in [5.41, 5.74) is 3.14. The van der Waals surface area contributed by atoms with Crippen LogP contribution in [0.5, 0.6) is 0 Å². The molecule has 7 nitrogen and oxygen atoms in total. The van der Waals surface area contributed by atoms with E-state index in [1.54, 1.807) is 16.7 Å². The van der Waals surface area contributed by atoms with Crippen LogP contribution < -0.4 is 5.56 Å². The Balaban J connectivity index is 1.25. The van der Waals surface area contributed by atoms with Crippen molar-refractivity contribution in [1.29, 1.82) is 0 Å². The first-order chi connectivity index (χ1) is 16.6. The van der Waals surface area contributed by atoms with Crippen LogP contribution in [0.4, 0.5) is 0 Å². The van der Waals surface area contributed by atoms with Gasteiger partial charge in [0.2, 0.25) is 0 Å². The molecule has 0 spiro atoms. The second-order valence-electron chi connectivity index (χ2n) is 9.38. The highest BCUT2D eigenvalue weighted by molar-refractivity contribution is 7.10. The molecule has 1 fully saturated rings. The smallest absolute Gasteiger partial charge is 0.270 e. The van der Waals surface area contributed by atoms with Gasteiger partial charge in [-0.25, -0.2) is 4.98 Å². The SMILES string of the molecule is CCCn1c(C(=O)N2CCC(N3CCc4sccc4C3)CC2)cc2c(=O)n3ccccc3nc21. The number of amides is 1. The number of nitrogens with zero attached hydrogens (tertiary/aromatic N) is 5. The molecule has 1 saturated heterocycles. The third-order valence-electron chi connectivity index (χ3n) is 7.35. The zero-order chi connectivity index (χ0) is 23.2. The summed E-state index contributed by atoms with van der Waals surface area (Å²) >= 11 is 1.87. The number of likely N-dealkylation sites (tertiary alicyclic amines) is 1. The van der Waals surface area contributed by atoms with Crippen molar-refractivity contribution in [1.82, 2.24) is 23.8 Å². The van der Waals surface area contributed by atoms with E-state index in [0.29, 0.717) is 35.0 Å². The Morgan fingerprint density at radius 3 is 2.85 bits per heavy atom. The first kappa shape index (κ1) is 21.6. The first-order valence-electron chi connectivity index (χ1n) is 12.2. The van der Waals surface area contributed by atoms with Crippen LogP contribution in [-0.2, 0) is 19.5 Å². The molecule has 4 aromatic rings. The lowest BCUT2D eigenvalue weighted by atomic mass is 9.99. The van der Waals surface area contributed by atoms with Gasteiger partial charge >= 0.3 is 0 Å². The molecule has 0 aromatic carbocycles. The highest BCUT2D eigenvalue weighted by Crippen LogP contribution is 2.29. The molecule has 176 valence electrons. The Morgan fingerprint density at radius 2 is 2.03 bits per heavy atom. The molecule has 0 N–H and O–H groups in total. The Morgan fingerprint density at radius 1 is 1.18 bits per heavy atom. The van der Waals surface area contributed by atoms with Gasteiger partial charge in [0.15, 0.2) is 0 Å². The summed E-state index contributed by atoms with van der Waals surface area (Å²) in [5.74, 6) is 0.0112. The van der Waals surface area contributed by atoms with Gasteiger partial charge < -0.3 is 9.47 Å². The molecule has 0 unspecified atom stereocenters. The van der Waals surface area contributed by atoms with E-state index in [1.165, 1.54) is 10.4 Å². The fourth-order valence-electron chi connectivity index (χ4n) is 5.56. The van der Waals surface area contributed by atoms with E-state index in [2.05, 4.69) is 23.3 Å². The Bertz CT molecular complexity index is 1430. The predicted molar refractivity (Wildman–Crippen MR) is 135 cm³/mol. The molecular weight excluding hydrogens is 446 g/mol. The molecule has 0 atom stereocenters. The molecular formula is C26H29N5O2S. The van der Waals surface area contributed by atoms with Crippen molar-refractivity contribution in [2.75, 3.05) is 19.6 Å². The van der Waals surface area contributed by atoms with Crippen LogP contribution in [-0.4, -0.2) is 55.3 Å². The summed E-state index contributed by atoms with van der Waals surface area (Å²) in [5, 5.41) is 2.71. The molecule has 6 rings (SSSR count). The van der Waals surface area contributed by atoms with Gasteiger partial charge in [-0.05, 0) is 60.9 Å². The van der Waals surface area contributed by atoms with Gasteiger partial charge in [0, 0.05) is 49.8 Å². The number of carbonyl (C=O) groups excluding carboxylic acids is 1. The Hall–Kier alpha value is -2.97. The van der Waals surface area contributed by atoms with E-state index >= 15 is 0 Å². The van der Waals surface area contributed by atoms with Crippen LogP contribution in [0.15, 0.2) is 46.7 Å². The molecule has 0 radical (unpaired) electrons. The number of hydrogen-bond acceptors (Lipinski definition) is 5. The average molecular weight is 476 g/mol. The molecule has 0 bridgehead atoms. The molecule has 2 aliphatic rings. The lowest BCUT2D eigenvalue weighted by molar-refractivity contribution is 0.0591. The minimum atomic E-state index is -0.124. The van der Waals surface area contributed by atoms with Crippen molar-refractivity contribution in [2.24, 2.45) is 0 Å². The summed E-state index contributed by atoms with van der Waals surface area (Å²) in [7, 11) is 0. The maximum atomic E-state index is 13.6. The highest BCUT2D eigenvalue weighted by Gasteiger charge is 2.31. The van der Waals surface area contributed by atoms with E-state index in [1.807, 2.05) is 39.0 Å². The molecule has 6 heterocycles. The summed E-state index contributed by atoms with van der Waals surface area (Å²) in [6, 6.07) is 10.1. The summed E-state index contributed by atoms with van der Waals surface area (Å²) in [4.78, 5) is 37.6. The second kappa shape index (κ2) is 8.67. The van der Waals surface area contributed by atoms with Gasteiger partial charge in [-0.1, -0.05) is 13.0 Å². The van der Waals surface area contributed by atoms with Crippen LogP contribution in [0, 0.1) is 0 Å². The second-order valence-corrected chi connectivity index (χ2v) is 10.4. The molecule has 8 heteroatoms. The van der Waals surface area contributed by atoms with E-state index in [4.69, 9.17) is 4.98 Å². The van der Waals surface area contributed by atoms with Gasteiger partial charge in [0.05, 0.1) is 5.39 Å². The fraction of sp³-hybridized carbons (Fsp3) is 0.423. The number of thiophene rings is 1. The van der Waals surface area contributed by atoms with Crippen LogP contribution in [0.3, 0.4) is 0 Å².